The highest BCUT2D eigenvalue weighted by Gasteiger charge is 2.46. The summed E-state index contributed by atoms with van der Waals surface area (Å²) >= 11 is 0. The minimum absolute atomic E-state index is 0.132. The number of aliphatic hydroxyl groups is 1. The highest BCUT2D eigenvalue weighted by molar-refractivity contribution is 5.88. The van der Waals surface area contributed by atoms with E-state index in [9.17, 15) is 5.11 Å². The number of methoxy groups -OCH3 is 1. The Morgan fingerprint density at radius 2 is 2.05 bits per heavy atom. The second kappa shape index (κ2) is 4.48. The molecule has 0 unspecified atom stereocenters. The summed E-state index contributed by atoms with van der Waals surface area (Å²) in [6.45, 7) is 2.35. The van der Waals surface area contributed by atoms with Crippen molar-refractivity contribution in [1.29, 1.82) is 0 Å². The van der Waals surface area contributed by atoms with Gasteiger partial charge in [0.05, 0.1) is 13.2 Å². The third-order valence-electron chi connectivity index (χ3n) is 5.75. The third kappa shape index (κ3) is 1.89. The van der Waals surface area contributed by atoms with E-state index in [4.69, 9.17) is 4.74 Å². The van der Waals surface area contributed by atoms with Gasteiger partial charge in [-0.3, -0.25) is 0 Å². The summed E-state index contributed by atoms with van der Waals surface area (Å²) in [7, 11) is 1.72. The first-order chi connectivity index (χ1) is 10.1. The van der Waals surface area contributed by atoms with Gasteiger partial charge < -0.3 is 9.84 Å². The first-order valence-corrected chi connectivity index (χ1v) is 7.88. The minimum atomic E-state index is -0.132. The van der Waals surface area contributed by atoms with Gasteiger partial charge in [0.1, 0.15) is 5.75 Å². The largest absolute Gasteiger partial charge is 0.497 e. The summed E-state index contributed by atoms with van der Waals surface area (Å²) in [5.41, 5.74) is 3.21. The van der Waals surface area contributed by atoms with Gasteiger partial charge in [0.25, 0.3) is 0 Å². The van der Waals surface area contributed by atoms with E-state index in [1.165, 1.54) is 28.3 Å². The molecular weight excluding hydrogens is 260 g/mol. The summed E-state index contributed by atoms with van der Waals surface area (Å²) in [5, 5.41) is 12.7. The van der Waals surface area contributed by atoms with Crippen LogP contribution in [0.15, 0.2) is 30.3 Å². The maximum Gasteiger partial charge on any atom is 0.119 e. The van der Waals surface area contributed by atoms with Crippen LogP contribution in [0.2, 0.25) is 0 Å². The maximum absolute atomic E-state index is 10.1. The van der Waals surface area contributed by atoms with Gasteiger partial charge in [-0.05, 0) is 71.0 Å². The van der Waals surface area contributed by atoms with E-state index in [0.717, 1.165) is 25.0 Å². The van der Waals surface area contributed by atoms with E-state index in [1.807, 2.05) is 6.07 Å². The lowest BCUT2D eigenvalue weighted by atomic mass is 9.66. The summed E-state index contributed by atoms with van der Waals surface area (Å²) in [5.74, 6) is 1.43. The normalized spacial score (nSPS) is 31.0. The molecule has 2 aliphatic carbocycles. The van der Waals surface area contributed by atoms with E-state index in [-0.39, 0.29) is 11.5 Å². The van der Waals surface area contributed by atoms with Gasteiger partial charge in [-0.15, -0.1) is 0 Å². The molecular formula is C19H22O2. The number of aryl methyl sites for hydroxylation is 1. The van der Waals surface area contributed by atoms with Crippen molar-refractivity contribution in [1.82, 2.24) is 0 Å². The molecule has 0 heterocycles. The summed E-state index contributed by atoms with van der Waals surface area (Å²) in [4.78, 5) is 0. The van der Waals surface area contributed by atoms with Crippen molar-refractivity contribution in [2.75, 3.05) is 7.11 Å². The molecule has 1 N–H and O–H groups in total. The molecule has 0 aliphatic heterocycles. The van der Waals surface area contributed by atoms with Crippen molar-refractivity contribution in [3.63, 3.8) is 0 Å². The van der Waals surface area contributed by atoms with Gasteiger partial charge in [-0.1, -0.05) is 25.1 Å². The van der Waals surface area contributed by atoms with Crippen LogP contribution in [0.4, 0.5) is 0 Å². The molecule has 2 aromatic carbocycles. The van der Waals surface area contributed by atoms with Crippen LogP contribution in [0.5, 0.6) is 5.75 Å². The molecule has 1 saturated carbocycles. The molecule has 2 aromatic rings. The van der Waals surface area contributed by atoms with Gasteiger partial charge in [0.2, 0.25) is 0 Å². The molecule has 0 radical (unpaired) electrons. The Morgan fingerprint density at radius 1 is 1.24 bits per heavy atom. The van der Waals surface area contributed by atoms with Crippen molar-refractivity contribution in [3.05, 3.63) is 41.5 Å². The van der Waals surface area contributed by atoms with Crippen LogP contribution in [0.3, 0.4) is 0 Å². The molecule has 0 aromatic heterocycles. The molecule has 3 atom stereocenters. The Labute approximate surface area is 125 Å². The smallest absolute Gasteiger partial charge is 0.119 e. The number of hydrogen-bond donors (Lipinski definition) is 1. The molecule has 0 amide bonds. The van der Waals surface area contributed by atoms with Crippen LogP contribution in [-0.4, -0.2) is 18.3 Å². The summed E-state index contributed by atoms with van der Waals surface area (Å²) in [6.07, 6.45) is 4.02. The Kier molecular flexibility index (Phi) is 2.80. The Balaban J connectivity index is 1.91. The van der Waals surface area contributed by atoms with Crippen molar-refractivity contribution in [2.24, 2.45) is 5.41 Å². The zero-order chi connectivity index (χ0) is 14.6. The fraction of sp³-hybridized carbons (Fsp3) is 0.474. The summed E-state index contributed by atoms with van der Waals surface area (Å²) in [6, 6.07) is 10.9. The van der Waals surface area contributed by atoms with Gasteiger partial charge in [-0.25, -0.2) is 0 Å². The predicted molar refractivity (Wildman–Crippen MR) is 84.9 cm³/mol. The van der Waals surface area contributed by atoms with Crippen LogP contribution < -0.4 is 4.74 Å². The highest BCUT2D eigenvalue weighted by Crippen LogP contribution is 2.56. The average Bonchev–Trinajstić information content (AvgIpc) is 2.80. The number of hydrogen-bond acceptors (Lipinski definition) is 2. The Morgan fingerprint density at radius 3 is 2.86 bits per heavy atom. The second-order valence-corrected chi connectivity index (χ2v) is 7.02. The van der Waals surface area contributed by atoms with Crippen molar-refractivity contribution < 1.29 is 9.84 Å². The second-order valence-electron chi connectivity index (χ2n) is 7.02. The Bertz CT molecular complexity index is 706. The molecule has 2 aliphatic rings. The number of benzene rings is 2. The number of rotatable bonds is 1. The molecule has 110 valence electrons. The summed E-state index contributed by atoms with van der Waals surface area (Å²) < 4.78 is 5.40. The first kappa shape index (κ1) is 13.1. The third-order valence-corrected chi connectivity index (χ3v) is 5.75. The number of ether oxygens (including phenoxy) is 1. The average molecular weight is 282 g/mol. The standard InChI is InChI=1S/C19H22O2/c1-19-8-7-15-16(18(19)9-13(20)11-19)6-4-12-3-5-14(21-2)10-17(12)15/h3-6,10,13,18,20H,7-9,11H2,1-2H3/t13-,18-,19+/m0/s1. The van der Waals surface area contributed by atoms with Gasteiger partial charge in [-0.2, -0.15) is 0 Å². The zero-order valence-corrected chi connectivity index (χ0v) is 12.7. The lowest BCUT2D eigenvalue weighted by Gasteiger charge is -2.38. The lowest BCUT2D eigenvalue weighted by molar-refractivity contribution is 0.159. The van der Waals surface area contributed by atoms with Gasteiger partial charge >= 0.3 is 0 Å². The fourth-order valence-corrected chi connectivity index (χ4v) is 4.62. The van der Waals surface area contributed by atoms with E-state index >= 15 is 0 Å². The maximum atomic E-state index is 10.1. The SMILES string of the molecule is COc1ccc2ccc3c(c2c1)CC[C@]1(C)C[C@@H](O)C[C@@H]31. The molecule has 0 bridgehead atoms. The lowest BCUT2D eigenvalue weighted by Crippen LogP contribution is -2.26. The van der Waals surface area contributed by atoms with Crippen molar-refractivity contribution in [2.45, 2.75) is 44.6 Å². The number of fused-ring (bicyclic) bond motifs is 5. The molecule has 0 spiro atoms. The fourth-order valence-electron chi connectivity index (χ4n) is 4.62. The predicted octanol–water partition coefficient (Wildman–Crippen LogP) is 4.04. The first-order valence-electron chi connectivity index (χ1n) is 7.88. The van der Waals surface area contributed by atoms with Gasteiger partial charge in [0, 0.05) is 0 Å². The monoisotopic (exact) mass is 282 g/mol. The van der Waals surface area contributed by atoms with Gasteiger partial charge in [0.15, 0.2) is 0 Å². The van der Waals surface area contributed by atoms with Crippen LogP contribution in [0.25, 0.3) is 10.8 Å². The van der Waals surface area contributed by atoms with E-state index < -0.39 is 0 Å². The molecule has 1 fully saturated rings. The molecule has 0 saturated heterocycles. The minimum Gasteiger partial charge on any atom is -0.497 e. The van der Waals surface area contributed by atoms with Crippen LogP contribution >= 0.6 is 0 Å². The molecule has 2 nitrogen and oxygen atoms in total. The zero-order valence-electron chi connectivity index (χ0n) is 12.7. The topological polar surface area (TPSA) is 29.5 Å². The highest BCUT2D eigenvalue weighted by atomic mass is 16.5. The van der Waals surface area contributed by atoms with Crippen LogP contribution in [-0.2, 0) is 6.42 Å². The quantitative estimate of drug-likeness (QED) is 0.855. The molecule has 21 heavy (non-hydrogen) atoms. The van der Waals surface area contributed by atoms with Crippen LogP contribution in [0, 0.1) is 5.41 Å². The molecule has 4 rings (SSSR count). The van der Waals surface area contributed by atoms with E-state index in [1.54, 1.807) is 7.11 Å². The van der Waals surface area contributed by atoms with Crippen molar-refractivity contribution in [3.8, 4) is 5.75 Å². The molecule has 2 heteroatoms. The van der Waals surface area contributed by atoms with Crippen molar-refractivity contribution >= 4 is 10.8 Å². The van der Waals surface area contributed by atoms with E-state index in [2.05, 4.69) is 31.2 Å². The Hall–Kier alpha value is -1.54. The number of aliphatic hydroxyl groups excluding tert-OH is 1. The van der Waals surface area contributed by atoms with E-state index in [0.29, 0.717) is 5.92 Å². The van der Waals surface area contributed by atoms with Crippen LogP contribution in [0.1, 0.15) is 43.2 Å².